The number of fused-ring (bicyclic) bond motifs is 1. The van der Waals surface area contributed by atoms with E-state index in [0.717, 1.165) is 23.5 Å². The fourth-order valence-corrected chi connectivity index (χ4v) is 3.38. The summed E-state index contributed by atoms with van der Waals surface area (Å²) >= 11 is 0. The van der Waals surface area contributed by atoms with Crippen molar-refractivity contribution in [1.29, 1.82) is 0 Å². The minimum absolute atomic E-state index is 0.0124. The Balaban J connectivity index is 1.65. The maximum absolute atomic E-state index is 12.7. The molecule has 1 amide bonds. The van der Waals surface area contributed by atoms with Crippen LogP contribution in [0.15, 0.2) is 36.4 Å². The van der Waals surface area contributed by atoms with E-state index in [1.54, 1.807) is 14.2 Å². The topological polar surface area (TPSA) is 48.0 Å². The molecule has 0 N–H and O–H groups in total. The number of methoxy groups -OCH3 is 2. The van der Waals surface area contributed by atoms with Gasteiger partial charge in [0.05, 0.1) is 14.2 Å². The Morgan fingerprint density at radius 3 is 2.36 bits per heavy atom. The van der Waals surface area contributed by atoms with E-state index in [1.807, 2.05) is 35.2 Å². The normalized spacial score (nSPS) is 13.7. The van der Waals surface area contributed by atoms with E-state index in [2.05, 4.69) is 26.8 Å². The number of carbonyl (C=O) groups excluding carboxylic acids is 1. The molecule has 0 fully saturated rings. The minimum atomic E-state index is -0.0124. The standard InChI is InChI=1S/C23H29NO4/c1-23(2,3)18-7-6-8-19(13-18)28-15-22(25)24-10-9-16-11-20(26-4)21(27-5)12-17(16)14-24/h6-8,11-13H,9-10,14-15H2,1-5H3. The zero-order chi connectivity index (χ0) is 20.3. The lowest BCUT2D eigenvalue weighted by Gasteiger charge is -2.29. The van der Waals surface area contributed by atoms with Crippen LogP contribution >= 0.6 is 0 Å². The quantitative estimate of drug-likeness (QED) is 0.784. The van der Waals surface area contributed by atoms with Crippen molar-refractivity contribution in [1.82, 2.24) is 4.90 Å². The second kappa shape index (κ2) is 8.13. The molecular weight excluding hydrogens is 354 g/mol. The third-order valence-electron chi connectivity index (χ3n) is 5.13. The molecule has 2 aromatic carbocycles. The largest absolute Gasteiger partial charge is 0.493 e. The summed E-state index contributed by atoms with van der Waals surface area (Å²) in [6.07, 6.45) is 0.793. The van der Waals surface area contributed by atoms with Gasteiger partial charge in [0.15, 0.2) is 18.1 Å². The van der Waals surface area contributed by atoms with Gasteiger partial charge in [-0.1, -0.05) is 32.9 Å². The molecule has 1 aliphatic heterocycles. The number of benzene rings is 2. The van der Waals surface area contributed by atoms with Crippen molar-refractivity contribution in [2.45, 2.75) is 39.2 Å². The number of ether oxygens (including phenoxy) is 3. The molecule has 1 aliphatic rings. The fraction of sp³-hybridized carbons (Fsp3) is 0.435. The lowest BCUT2D eigenvalue weighted by Crippen LogP contribution is -2.38. The van der Waals surface area contributed by atoms with Gasteiger partial charge in [-0.2, -0.15) is 0 Å². The Labute approximate surface area is 167 Å². The third kappa shape index (κ3) is 4.41. The number of nitrogens with zero attached hydrogens (tertiary/aromatic N) is 1. The van der Waals surface area contributed by atoms with Gasteiger partial charge in [-0.15, -0.1) is 0 Å². The Hall–Kier alpha value is -2.69. The molecular formula is C23H29NO4. The summed E-state index contributed by atoms with van der Waals surface area (Å²) in [7, 11) is 3.25. The first-order chi connectivity index (χ1) is 13.3. The van der Waals surface area contributed by atoms with Crippen molar-refractivity contribution >= 4 is 5.91 Å². The number of amides is 1. The molecule has 0 radical (unpaired) electrons. The molecule has 28 heavy (non-hydrogen) atoms. The van der Waals surface area contributed by atoms with Gasteiger partial charge in [-0.3, -0.25) is 4.79 Å². The van der Waals surface area contributed by atoms with Gasteiger partial charge in [-0.25, -0.2) is 0 Å². The zero-order valence-corrected chi connectivity index (χ0v) is 17.4. The van der Waals surface area contributed by atoms with Crippen LogP contribution in [0.4, 0.5) is 0 Å². The summed E-state index contributed by atoms with van der Waals surface area (Å²) in [5, 5.41) is 0. The van der Waals surface area contributed by atoms with Crippen molar-refractivity contribution in [2.24, 2.45) is 0 Å². The van der Waals surface area contributed by atoms with Crippen LogP contribution in [0.1, 0.15) is 37.5 Å². The Morgan fingerprint density at radius 2 is 1.71 bits per heavy atom. The molecule has 0 saturated carbocycles. The molecule has 0 saturated heterocycles. The van der Waals surface area contributed by atoms with E-state index < -0.39 is 0 Å². The highest BCUT2D eigenvalue weighted by Gasteiger charge is 2.23. The van der Waals surface area contributed by atoms with Gasteiger partial charge in [0, 0.05) is 13.1 Å². The van der Waals surface area contributed by atoms with E-state index in [1.165, 1.54) is 11.1 Å². The van der Waals surface area contributed by atoms with Gasteiger partial charge in [0.1, 0.15) is 5.75 Å². The Morgan fingerprint density at radius 1 is 1.04 bits per heavy atom. The van der Waals surface area contributed by atoms with Crippen LogP contribution in [0, 0.1) is 0 Å². The number of hydrogen-bond donors (Lipinski definition) is 0. The second-order valence-electron chi connectivity index (χ2n) is 8.11. The van der Waals surface area contributed by atoms with Crippen LogP contribution in [0.25, 0.3) is 0 Å². The molecule has 2 aromatic rings. The molecule has 5 nitrogen and oxygen atoms in total. The van der Waals surface area contributed by atoms with Gasteiger partial charge >= 0.3 is 0 Å². The summed E-state index contributed by atoms with van der Waals surface area (Å²) in [5.41, 5.74) is 3.51. The van der Waals surface area contributed by atoms with Crippen LogP contribution in [0.3, 0.4) is 0 Å². The smallest absolute Gasteiger partial charge is 0.260 e. The average molecular weight is 383 g/mol. The predicted octanol–water partition coefficient (Wildman–Crippen LogP) is 3.97. The molecule has 0 spiro atoms. The van der Waals surface area contributed by atoms with Gasteiger partial charge < -0.3 is 19.1 Å². The molecule has 0 unspecified atom stereocenters. The summed E-state index contributed by atoms with van der Waals surface area (Å²) < 4.78 is 16.6. The molecule has 1 heterocycles. The van der Waals surface area contributed by atoms with E-state index in [0.29, 0.717) is 18.8 Å². The van der Waals surface area contributed by atoms with Crippen LogP contribution in [-0.2, 0) is 23.2 Å². The van der Waals surface area contributed by atoms with E-state index in [4.69, 9.17) is 14.2 Å². The number of rotatable bonds is 5. The summed E-state index contributed by atoms with van der Waals surface area (Å²) in [6, 6.07) is 11.9. The van der Waals surface area contributed by atoms with Crippen LogP contribution < -0.4 is 14.2 Å². The maximum atomic E-state index is 12.7. The highest BCUT2D eigenvalue weighted by atomic mass is 16.5. The molecule has 0 aromatic heterocycles. The molecule has 150 valence electrons. The Kier molecular flexibility index (Phi) is 5.82. The predicted molar refractivity (Wildman–Crippen MR) is 109 cm³/mol. The molecule has 5 heteroatoms. The highest BCUT2D eigenvalue weighted by Crippen LogP contribution is 2.33. The number of hydrogen-bond acceptors (Lipinski definition) is 4. The summed E-state index contributed by atoms with van der Waals surface area (Å²) in [6.45, 7) is 7.74. The number of carbonyl (C=O) groups is 1. The summed E-state index contributed by atoms with van der Waals surface area (Å²) in [5.74, 6) is 2.13. The van der Waals surface area contributed by atoms with Crippen LogP contribution in [0.2, 0.25) is 0 Å². The van der Waals surface area contributed by atoms with Gasteiger partial charge in [0.25, 0.3) is 5.91 Å². The highest BCUT2D eigenvalue weighted by molar-refractivity contribution is 5.78. The first-order valence-corrected chi connectivity index (χ1v) is 9.56. The third-order valence-corrected chi connectivity index (χ3v) is 5.13. The van der Waals surface area contributed by atoms with Crippen molar-refractivity contribution < 1.29 is 19.0 Å². The van der Waals surface area contributed by atoms with Crippen LogP contribution in [-0.4, -0.2) is 38.2 Å². The van der Waals surface area contributed by atoms with Crippen molar-refractivity contribution in [3.8, 4) is 17.2 Å². The van der Waals surface area contributed by atoms with Crippen molar-refractivity contribution in [2.75, 3.05) is 27.4 Å². The molecule has 0 atom stereocenters. The van der Waals surface area contributed by atoms with Crippen molar-refractivity contribution in [3.05, 3.63) is 53.1 Å². The lowest BCUT2D eigenvalue weighted by atomic mass is 9.87. The minimum Gasteiger partial charge on any atom is -0.493 e. The lowest BCUT2D eigenvalue weighted by molar-refractivity contribution is -0.134. The molecule has 3 rings (SSSR count). The Bertz CT molecular complexity index is 854. The van der Waals surface area contributed by atoms with Gasteiger partial charge in [-0.05, 0) is 52.8 Å². The van der Waals surface area contributed by atoms with Gasteiger partial charge in [0.2, 0.25) is 0 Å². The van der Waals surface area contributed by atoms with E-state index in [9.17, 15) is 4.79 Å². The second-order valence-corrected chi connectivity index (χ2v) is 8.11. The first-order valence-electron chi connectivity index (χ1n) is 9.56. The summed E-state index contributed by atoms with van der Waals surface area (Å²) in [4.78, 5) is 14.5. The van der Waals surface area contributed by atoms with E-state index in [-0.39, 0.29) is 17.9 Å². The zero-order valence-electron chi connectivity index (χ0n) is 17.4. The van der Waals surface area contributed by atoms with Crippen LogP contribution in [0.5, 0.6) is 17.2 Å². The molecule has 0 aliphatic carbocycles. The fourth-order valence-electron chi connectivity index (χ4n) is 3.38. The molecule has 0 bridgehead atoms. The average Bonchev–Trinajstić information content (AvgIpc) is 2.70. The van der Waals surface area contributed by atoms with Crippen molar-refractivity contribution in [3.63, 3.8) is 0 Å². The van der Waals surface area contributed by atoms with E-state index >= 15 is 0 Å². The maximum Gasteiger partial charge on any atom is 0.260 e. The SMILES string of the molecule is COc1cc2c(cc1OC)CN(C(=O)COc1cccc(C(C)(C)C)c1)CC2. The monoisotopic (exact) mass is 383 g/mol. The first kappa shape index (κ1) is 20.1.